The highest BCUT2D eigenvalue weighted by atomic mass is 16.5. The van der Waals surface area contributed by atoms with Crippen molar-refractivity contribution in [1.82, 2.24) is 4.90 Å². The van der Waals surface area contributed by atoms with E-state index in [1.807, 2.05) is 0 Å². The van der Waals surface area contributed by atoms with Gasteiger partial charge in [-0.1, -0.05) is 12.8 Å². The predicted molar refractivity (Wildman–Crippen MR) is 67.8 cm³/mol. The fourth-order valence-electron chi connectivity index (χ4n) is 3.22. The van der Waals surface area contributed by atoms with Crippen molar-refractivity contribution in [2.75, 3.05) is 20.2 Å². The molecular weight excluding hydrogens is 230 g/mol. The Balaban J connectivity index is 1.74. The number of esters is 1. The first-order valence-corrected chi connectivity index (χ1v) is 7.05. The highest BCUT2D eigenvalue weighted by Crippen LogP contribution is 2.55. The van der Waals surface area contributed by atoms with E-state index in [-0.39, 0.29) is 17.8 Å². The van der Waals surface area contributed by atoms with Crippen LogP contribution in [0, 0.1) is 17.8 Å². The molecule has 2 aliphatic rings. The highest BCUT2D eigenvalue weighted by Gasteiger charge is 2.55. The van der Waals surface area contributed by atoms with Crippen LogP contribution in [0.25, 0.3) is 0 Å². The number of ether oxygens (including phenoxy) is 1. The molecule has 0 heterocycles. The minimum absolute atomic E-state index is 0.217. The maximum absolute atomic E-state index is 12.2. The van der Waals surface area contributed by atoms with Gasteiger partial charge in [0.05, 0.1) is 13.0 Å². The molecule has 0 radical (unpaired) electrons. The minimum Gasteiger partial charge on any atom is -0.466 e. The number of carbonyl (C=O) groups is 2. The van der Waals surface area contributed by atoms with Gasteiger partial charge in [0.2, 0.25) is 5.91 Å². The summed E-state index contributed by atoms with van der Waals surface area (Å²) >= 11 is 0. The lowest BCUT2D eigenvalue weighted by Crippen LogP contribution is -2.31. The number of rotatable bonds is 5. The van der Waals surface area contributed by atoms with Gasteiger partial charge >= 0.3 is 5.97 Å². The van der Waals surface area contributed by atoms with E-state index in [0.29, 0.717) is 31.4 Å². The summed E-state index contributed by atoms with van der Waals surface area (Å²) in [7, 11) is 1.80. The minimum atomic E-state index is -0.217. The largest absolute Gasteiger partial charge is 0.466 e. The van der Waals surface area contributed by atoms with E-state index in [1.54, 1.807) is 18.9 Å². The van der Waals surface area contributed by atoms with Gasteiger partial charge in [-0.25, -0.2) is 0 Å². The van der Waals surface area contributed by atoms with Crippen molar-refractivity contribution in [2.45, 2.75) is 39.0 Å². The molecular formula is C14H23NO3. The molecule has 0 saturated heterocycles. The van der Waals surface area contributed by atoms with E-state index in [9.17, 15) is 9.59 Å². The predicted octanol–water partition coefficient (Wildman–Crippen LogP) is 1.83. The Hall–Kier alpha value is -1.06. The van der Waals surface area contributed by atoms with Crippen molar-refractivity contribution in [3.05, 3.63) is 0 Å². The van der Waals surface area contributed by atoms with Crippen LogP contribution >= 0.6 is 0 Å². The van der Waals surface area contributed by atoms with Crippen LogP contribution in [0.1, 0.15) is 39.0 Å². The molecule has 2 rings (SSSR count). The van der Waals surface area contributed by atoms with Gasteiger partial charge in [0, 0.05) is 19.5 Å². The quantitative estimate of drug-likeness (QED) is 0.702. The third-order valence-corrected chi connectivity index (χ3v) is 4.27. The Kier molecular flexibility index (Phi) is 4.25. The van der Waals surface area contributed by atoms with E-state index in [4.69, 9.17) is 4.74 Å². The zero-order valence-corrected chi connectivity index (χ0v) is 11.4. The number of carbonyl (C=O) groups excluding carboxylic acids is 2. The number of hydrogen-bond donors (Lipinski definition) is 0. The second kappa shape index (κ2) is 5.72. The number of fused-ring (bicyclic) bond motifs is 1. The second-order valence-electron chi connectivity index (χ2n) is 5.45. The van der Waals surface area contributed by atoms with Crippen molar-refractivity contribution in [2.24, 2.45) is 17.8 Å². The Morgan fingerprint density at radius 2 is 1.83 bits per heavy atom. The van der Waals surface area contributed by atoms with Crippen molar-refractivity contribution >= 4 is 11.9 Å². The Morgan fingerprint density at radius 1 is 1.22 bits per heavy atom. The molecule has 0 bridgehead atoms. The van der Waals surface area contributed by atoms with Crippen LogP contribution in [-0.4, -0.2) is 37.0 Å². The SMILES string of the molecule is CCOC(=O)CCN(C)C(=O)C1C2CCCCC21. The molecule has 4 heteroatoms. The van der Waals surface area contributed by atoms with E-state index in [2.05, 4.69) is 0 Å². The average Bonchev–Trinajstić information content (AvgIpc) is 3.09. The molecule has 0 aromatic carbocycles. The van der Waals surface area contributed by atoms with Gasteiger partial charge in [-0.05, 0) is 31.6 Å². The summed E-state index contributed by atoms with van der Waals surface area (Å²) in [5, 5.41) is 0. The van der Waals surface area contributed by atoms with Crippen molar-refractivity contribution < 1.29 is 14.3 Å². The lowest BCUT2D eigenvalue weighted by atomic mass is 10.0. The van der Waals surface area contributed by atoms with Gasteiger partial charge in [0.15, 0.2) is 0 Å². The molecule has 0 N–H and O–H groups in total. The zero-order chi connectivity index (χ0) is 13.1. The summed E-state index contributed by atoms with van der Waals surface area (Å²) in [5.74, 6) is 1.54. The molecule has 2 saturated carbocycles. The molecule has 2 aliphatic carbocycles. The smallest absolute Gasteiger partial charge is 0.307 e. The first-order valence-electron chi connectivity index (χ1n) is 7.05. The summed E-state index contributed by atoms with van der Waals surface area (Å²) in [5.41, 5.74) is 0. The van der Waals surface area contributed by atoms with Crippen LogP contribution in [0.3, 0.4) is 0 Å². The molecule has 0 aromatic rings. The van der Waals surface area contributed by atoms with Gasteiger partial charge in [-0.3, -0.25) is 9.59 Å². The molecule has 0 aromatic heterocycles. The van der Waals surface area contributed by atoms with E-state index < -0.39 is 0 Å². The molecule has 102 valence electrons. The summed E-state index contributed by atoms with van der Waals surface area (Å²) in [6, 6.07) is 0. The maximum Gasteiger partial charge on any atom is 0.307 e. The van der Waals surface area contributed by atoms with Crippen molar-refractivity contribution in [1.29, 1.82) is 0 Å². The van der Waals surface area contributed by atoms with Gasteiger partial charge in [0.1, 0.15) is 0 Å². The highest BCUT2D eigenvalue weighted by molar-refractivity contribution is 5.82. The van der Waals surface area contributed by atoms with Crippen LogP contribution in [0.5, 0.6) is 0 Å². The van der Waals surface area contributed by atoms with Gasteiger partial charge in [-0.15, -0.1) is 0 Å². The van der Waals surface area contributed by atoms with Crippen molar-refractivity contribution in [3.8, 4) is 0 Å². The third kappa shape index (κ3) is 2.85. The Labute approximate surface area is 109 Å². The maximum atomic E-state index is 12.2. The molecule has 2 fully saturated rings. The van der Waals surface area contributed by atoms with Crippen LogP contribution in [0.2, 0.25) is 0 Å². The summed E-state index contributed by atoms with van der Waals surface area (Å²) in [6.45, 7) is 2.68. The molecule has 18 heavy (non-hydrogen) atoms. The molecule has 2 atom stereocenters. The number of amides is 1. The van der Waals surface area contributed by atoms with Gasteiger partial charge in [-0.2, -0.15) is 0 Å². The van der Waals surface area contributed by atoms with Crippen LogP contribution < -0.4 is 0 Å². The standard InChI is InChI=1S/C14H23NO3/c1-3-18-12(16)8-9-15(2)14(17)13-10-6-4-5-7-11(10)13/h10-11,13H,3-9H2,1-2H3. The zero-order valence-electron chi connectivity index (χ0n) is 11.4. The normalized spacial score (nSPS) is 29.3. The van der Waals surface area contributed by atoms with E-state index in [0.717, 1.165) is 0 Å². The first-order chi connectivity index (χ1) is 8.65. The molecule has 0 aliphatic heterocycles. The topological polar surface area (TPSA) is 46.6 Å². The molecule has 4 nitrogen and oxygen atoms in total. The number of hydrogen-bond acceptors (Lipinski definition) is 3. The lowest BCUT2D eigenvalue weighted by Gasteiger charge is -2.16. The summed E-state index contributed by atoms with van der Waals surface area (Å²) in [6.07, 6.45) is 5.28. The van der Waals surface area contributed by atoms with Crippen LogP contribution in [0.4, 0.5) is 0 Å². The molecule has 0 spiro atoms. The monoisotopic (exact) mass is 253 g/mol. The molecule has 1 amide bonds. The third-order valence-electron chi connectivity index (χ3n) is 4.27. The first kappa shape index (κ1) is 13.4. The second-order valence-corrected chi connectivity index (χ2v) is 5.45. The fraction of sp³-hybridized carbons (Fsp3) is 0.857. The van der Waals surface area contributed by atoms with Crippen LogP contribution in [-0.2, 0) is 14.3 Å². The van der Waals surface area contributed by atoms with Gasteiger partial charge < -0.3 is 9.64 Å². The summed E-state index contributed by atoms with van der Waals surface area (Å²) in [4.78, 5) is 25.2. The Morgan fingerprint density at radius 3 is 2.39 bits per heavy atom. The van der Waals surface area contributed by atoms with Crippen LogP contribution in [0.15, 0.2) is 0 Å². The average molecular weight is 253 g/mol. The fourth-order valence-corrected chi connectivity index (χ4v) is 3.22. The van der Waals surface area contributed by atoms with E-state index in [1.165, 1.54) is 25.7 Å². The lowest BCUT2D eigenvalue weighted by molar-refractivity contribution is -0.144. The summed E-state index contributed by atoms with van der Waals surface area (Å²) < 4.78 is 4.87. The van der Waals surface area contributed by atoms with E-state index >= 15 is 0 Å². The van der Waals surface area contributed by atoms with Crippen molar-refractivity contribution in [3.63, 3.8) is 0 Å². The molecule has 2 unspecified atom stereocenters. The van der Waals surface area contributed by atoms with Gasteiger partial charge in [0.25, 0.3) is 0 Å². The number of nitrogens with zero attached hydrogens (tertiary/aromatic N) is 1. The Bertz CT molecular complexity index is 317.